The molecule has 1 aromatic heterocycles. The van der Waals surface area contributed by atoms with Gasteiger partial charge in [-0.3, -0.25) is 14.9 Å². The van der Waals surface area contributed by atoms with Gasteiger partial charge in [-0.25, -0.2) is 0 Å². The summed E-state index contributed by atoms with van der Waals surface area (Å²) in [6.45, 7) is 4.12. The molecule has 0 aliphatic rings. The molecule has 166 valence electrons. The molecule has 0 atom stereocenters. The quantitative estimate of drug-likeness (QED) is 0.269. The highest BCUT2D eigenvalue weighted by molar-refractivity contribution is 5.91. The number of carbonyl (C=O) groups is 1. The molecule has 0 aliphatic heterocycles. The number of nitro benzene ring substituents is 1. The molecule has 0 unspecified atom stereocenters. The number of carbonyl (C=O) groups excluding carboxylic acids is 1. The van der Waals surface area contributed by atoms with Crippen molar-refractivity contribution in [3.63, 3.8) is 0 Å². The second kappa shape index (κ2) is 11.1. The third-order valence-electron chi connectivity index (χ3n) is 5.15. The van der Waals surface area contributed by atoms with Gasteiger partial charge in [-0.15, -0.1) is 0 Å². The summed E-state index contributed by atoms with van der Waals surface area (Å²) in [5.74, 6) is -0.150. The first kappa shape index (κ1) is 23.0. The summed E-state index contributed by atoms with van der Waals surface area (Å²) in [6.07, 6.45) is 5.17. The molecule has 32 heavy (non-hydrogen) atoms. The van der Waals surface area contributed by atoms with Crippen molar-refractivity contribution >= 4 is 17.7 Å². The Bertz CT molecular complexity index is 1070. The van der Waals surface area contributed by atoms with Crippen molar-refractivity contribution in [2.45, 2.75) is 20.0 Å². The Hall–Kier alpha value is -3.71. The molecule has 0 radical (unpaired) electrons. The fraction of sp³-hybridized carbons (Fsp3) is 0.240. The molecule has 0 aliphatic carbocycles. The second-order valence-corrected chi connectivity index (χ2v) is 7.55. The van der Waals surface area contributed by atoms with Gasteiger partial charge < -0.3 is 14.2 Å². The van der Waals surface area contributed by atoms with E-state index in [1.807, 2.05) is 18.3 Å². The molecule has 3 aromatic rings. The predicted molar refractivity (Wildman–Crippen MR) is 124 cm³/mol. The number of aromatic nitrogens is 1. The predicted octanol–water partition coefficient (Wildman–Crippen LogP) is 4.44. The highest BCUT2D eigenvalue weighted by atomic mass is 16.6. The van der Waals surface area contributed by atoms with Crippen molar-refractivity contribution in [3.8, 4) is 0 Å². The summed E-state index contributed by atoms with van der Waals surface area (Å²) in [6, 6.07) is 18.5. The lowest BCUT2D eigenvalue weighted by Crippen LogP contribution is -2.33. The number of ether oxygens (including phenoxy) is 1. The summed E-state index contributed by atoms with van der Waals surface area (Å²) in [5, 5.41) is 10.8. The van der Waals surface area contributed by atoms with Crippen LogP contribution in [0.5, 0.6) is 0 Å². The Kier molecular flexibility index (Phi) is 7.94. The smallest absolute Gasteiger partial charge is 0.269 e. The van der Waals surface area contributed by atoms with Crippen LogP contribution in [0.4, 0.5) is 5.69 Å². The molecule has 1 heterocycles. The summed E-state index contributed by atoms with van der Waals surface area (Å²) in [5.41, 5.74) is 4.18. The number of non-ortho nitro benzene ring substituents is 1. The third kappa shape index (κ3) is 6.39. The average molecular weight is 434 g/mol. The maximum Gasteiger partial charge on any atom is 0.269 e. The summed E-state index contributed by atoms with van der Waals surface area (Å²) >= 11 is 0. The summed E-state index contributed by atoms with van der Waals surface area (Å²) in [7, 11) is 1.61. The van der Waals surface area contributed by atoms with E-state index in [1.54, 1.807) is 30.2 Å². The van der Waals surface area contributed by atoms with Gasteiger partial charge in [0.05, 0.1) is 18.1 Å². The number of hydrogen-bond acceptors (Lipinski definition) is 4. The molecule has 7 heteroatoms. The van der Waals surface area contributed by atoms with Crippen LogP contribution in [0.2, 0.25) is 0 Å². The number of hydrogen-bond donors (Lipinski definition) is 0. The number of benzene rings is 2. The Labute approximate surface area is 187 Å². The van der Waals surface area contributed by atoms with E-state index in [4.69, 9.17) is 4.74 Å². The van der Waals surface area contributed by atoms with Crippen molar-refractivity contribution in [3.05, 3.63) is 105 Å². The van der Waals surface area contributed by atoms with Crippen LogP contribution in [-0.2, 0) is 22.6 Å². The van der Waals surface area contributed by atoms with Crippen LogP contribution < -0.4 is 0 Å². The van der Waals surface area contributed by atoms with Gasteiger partial charge in [0.1, 0.15) is 0 Å². The van der Waals surface area contributed by atoms with Crippen LogP contribution in [0.3, 0.4) is 0 Å². The monoisotopic (exact) mass is 433 g/mol. The van der Waals surface area contributed by atoms with E-state index >= 15 is 0 Å². The van der Waals surface area contributed by atoms with E-state index in [0.29, 0.717) is 19.7 Å². The molecule has 7 nitrogen and oxygen atoms in total. The van der Waals surface area contributed by atoms with Crippen LogP contribution >= 0.6 is 0 Å². The van der Waals surface area contributed by atoms with E-state index in [9.17, 15) is 14.9 Å². The van der Waals surface area contributed by atoms with Crippen LogP contribution in [0.25, 0.3) is 6.08 Å². The lowest BCUT2D eigenvalue weighted by Gasteiger charge is -2.22. The van der Waals surface area contributed by atoms with Gasteiger partial charge in [-0.2, -0.15) is 0 Å². The first-order chi connectivity index (χ1) is 15.5. The molecule has 0 saturated heterocycles. The Morgan fingerprint density at radius 2 is 1.84 bits per heavy atom. The molecule has 3 rings (SSSR count). The number of nitro groups is 1. The molecular formula is C25H27N3O4. The highest BCUT2D eigenvalue weighted by Crippen LogP contribution is 2.14. The SMILES string of the molecule is COCCN(Cc1cccn1Cc1ccc(C)cc1)C(=O)C=Cc1ccc([N+](=O)[O-])cc1. The standard InChI is InChI=1S/C25H27N3O4/c1-20-5-7-22(8-6-20)18-26-15-3-4-24(26)19-27(16-17-32-2)25(29)14-11-21-9-12-23(13-10-21)28(30)31/h3-15H,16-19H2,1-2H3. The van der Waals surface area contributed by atoms with E-state index in [1.165, 1.54) is 29.3 Å². The fourth-order valence-corrected chi connectivity index (χ4v) is 3.28. The van der Waals surface area contributed by atoms with Crippen LogP contribution in [0.1, 0.15) is 22.4 Å². The van der Waals surface area contributed by atoms with E-state index in [-0.39, 0.29) is 11.6 Å². The first-order valence-corrected chi connectivity index (χ1v) is 10.4. The van der Waals surface area contributed by atoms with Gasteiger partial charge in [-0.1, -0.05) is 29.8 Å². The number of methoxy groups -OCH3 is 1. The van der Waals surface area contributed by atoms with Crippen molar-refractivity contribution in [2.24, 2.45) is 0 Å². The summed E-state index contributed by atoms with van der Waals surface area (Å²) in [4.78, 5) is 25.0. The van der Waals surface area contributed by atoms with Crippen molar-refractivity contribution in [1.82, 2.24) is 9.47 Å². The summed E-state index contributed by atoms with van der Waals surface area (Å²) < 4.78 is 7.33. The minimum atomic E-state index is -0.448. The molecular weight excluding hydrogens is 406 g/mol. The number of amides is 1. The Morgan fingerprint density at radius 1 is 1.12 bits per heavy atom. The van der Waals surface area contributed by atoms with Crippen LogP contribution in [0.15, 0.2) is 72.9 Å². The fourth-order valence-electron chi connectivity index (χ4n) is 3.28. The minimum absolute atomic E-state index is 0.0181. The molecule has 1 amide bonds. The maximum atomic E-state index is 12.9. The second-order valence-electron chi connectivity index (χ2n) is 7.55. The van der Waals surface area contributed by atoms with Gasteiger partial charge in [0.2, 0.25) is 5.91 Å². The van der Waals surface area contributed by atoms with Crippen LogP contribution in [-0.4, -0.2) is 40.6 Å². The van der Waals surface area contributed by atoms with Gasteiger partial charge in [0.25, 0.3) is 5.69 Å². The van der Waals surface area contributed by atoms with E-state index in [2.05, 4.69) is 35.8 Å². The van der Waals surface area contributed by atoms with Crippen LogP contribution in [0, 0.1) is 17.0 Å². The molecule has 0 bridgehead atoms. The average Bonchev–Trinajstić information content (AvgIpc) is 3.23. The number of rotatable bonds is 10. The lowest BCUT2D eigenvalue weighted by molar-refractivity contribution is -0.384. The third-order valence-corrected chi connectivity index (χ3v) is 5.15. The molecule has 0 spiro atoms. The van der Waals surface area contributed by atoms with E-state index in [0.717, 1.165) is 17.8 Å². The largest absolute Gasteiger partial charge is 0.383 e. The van der Waals surface area contributed by atoms with Crippen molar-refractivity contribution in [2.75, 3.05) is 20.3 Å². The number of aryl methyl sites for hydroxylation is 1. The molecule has 2 aromatic carbocycles. The zero-order chi connectivity index (χ0) is 22.9. The van der Waals surface area contributed by atoms with Crippen molar-refractivity contribution < 1.29 is 14.5 Å². The first-order valence-electron chi connectivity index (χ1n) is 10.4. The minimum Gasteiger partial charge on any atom is -0.383 e. The molecule has 0 saturated carbocycles. The zero-order valence-electron chi connectivity index (χ0n) is 18.3. The van der Waals surface area contributed by atoms with E-state index < -0.39 is 4.92 Å². The van der Waals surface area contributed by atoms with Crippen molar-refractivity contribution in [1.29, 1.82) is 0 Å². The van der Waals surface area contributed by atoms with Gasteiger partial charge >= 0.3 is 0 Å². The zero-order valence-corrected chi connectivity index (χ0v) is 18.3. The molecule has 0 fully saturated rings. The number of nitrogens with zero attached hydrogens (tertiary/aromatic N) is 3. The normalized spacial score (nSPS) is 11.1. The Morgan fingerprint density at radius 3 is 2.50 bits per heavy atom. The van der Waals surface area contributed by atoms with Gasteiger partial charge in [0.15, 0.2) is 0 Å². The lowest BCUT2D eigenvalue weighted by atomic mass is 10.1. The van der Waals surface area contributed by atoms with Gasteiger partial charge in [0, 0.05) is 50.3 Å². The Balaban J connectivity index is 1.71. The van der Waals surface area contributed by atoms with Gasteiger partial charge in [-0.05, 0) is 48.4 Å². The topological polar surface area (TPSA) is 77.6 Å². The highest BCUT2D eigenvalue weighted by Gasteiger charge is 2.14. The molecule has 0 N–H and O–H groups in total. The maximum absolute atomic E-state index is 12.9.